The van der Waals surface area contributed by atoms with Gasteiger partial charge in [-0.3, -0.25) is 4.79 Å². The van der Waals surface area contributed by atoms with Gasteiger partial charge in [-0.05, 0) is 16.7 Å². The molecule has 0 radical (unpaired) electrons. The van der Waals surface area contributed by atoms with Crippen LogP contribution in [0.3, 0.4) is 0 Å². The Morgan fingerprint density at radius 2 is 1.03 bits per heavy atom. The molecule has 3 aromatic carbocycles. The van der Waals surface area contributed by atoms with E-state index in [0.29, 0.717) is 13.2 Å². The highest BCUT2D eigenvalue weighted by molar-refractivity contribution is 5.85. The predicted octanol–water partition coefficient (Wildman–Crippen LogP) is 4.08. The number of benzene rings is 3. The van der Waals surface area contributed by atoms with Gasteiger partial charge >= 0.3 is 0 Å². The van der Waals surface area contributed by atoms with Crippen molar-refractivity contribution in [2.24, 2.45) is 0 Å². The minimum atomic E-state index is -0.955. The second kappa shape index (κ2) is 11.2. The molecule has 4 rings (SSSR count). The van der Waals surface area contributed by atoms with E-state index < -0.39 is 24.4 Å². The minimum Gasteiger partial charge on any atom is -0.390 e. The number of ketones is 1. The first-order valence-electron chi connectivity index (χ1n) is 10.9. The monoisotopic (exact) mass is 432 g/mol. The third-order valence-electron chi connectivity index (χ3n) is 5.57. The van der Waals surface area contributed by atoms with E-state index in [4.69, 9.17) is 14.2 Å². The maximum Gasteiger partial charge on any atom is 0.167 e. The molecule has 1 N–H and O–H groups in total. The fourth-order valence-electron chi connectivity index (χ4n) is 3.88. The van der Waals surface area contributed by atoms with Gasteiger partial charge in [-0.2, -0.15) is 0 Å². The summed E-state index contributed by atoms with van der Waals surface area (Å²) >= 11 is 0. The molecule has 4 atom stereocenters. The lowest BCUT2D eigenvalue weighted by Crippen LogP contribution is -2.57. The quantitative estimate of drug-likeness (QED) is 0.552. The number of ether oxygens (including phenoxy) is 3. The molecule has 3 aromatic rings. The zero-order valence-electron chi connectivity index (χ0n) is 17.9. The summed E-state index contributed by atoms with van der Waals surface area (Å²) in [5.41, 5.74) is 2.93. The van der Waals surface area contributed by atoms with Crippen molar-refractivity contribution in [1.82, 2.24) is 0 Å². The number of rotatable bonds is 9. The number of carbonyl (C=O) groups excluding carboxylic acids is 1. The molecule has 1 aliphatic carbocycles. The van der Waals surface area contributed by atoms with Crippen LogP contribution < -0.4 is 0 Å². The van der Waals surface area contributed by atoms with Gasteiger partial charge in [0.2, 0.25) is 0 Å². The summed E-state index contributed by atoms with van der Waals surface area (Å²) in [5, 5.41) is 10.7. The van der Waals surface area contributed by atoms with Crippen LogP contribution in [0.4, 0.5) is 0 Å². The molecule has 0 aromatic heterocycles. The van der Waals surface area contributed by atoms with Crippen molar-refractivity contribution >= 4 is 5.78 Å². The Labute approximate surface area is 188 Å². The second-order valence-corrected chi connectivity index (χ2v) is 7.98. The maximum absolute atomic E-state index is 12.8. The summed E-state index contributed by atoms with van der Waals surface area (Å²) in [6.07, 6.45) is -3.20. The largest absolute Gasteiger partial charge is 0.390 e. The first kappa shape index (κ1) is 22.4. The Balaban J connectivity index is 1.51. The molecule has 0 saturated heterocycles. The Morgan fingerprint density at radius 1 is 0.625 bits per heavy atom. The summed E-state index contributed by atoms with van der Waals surface area (Å²) in [5.74, 6) is -0.175. The van der Waals surface area contributed by atoms with E-state index in [-0.39, 0.29) is 18.8 Å². The van der Waals surface area contributed by atoms with Gasteiger partial charge in [0.1, 0.15) is 18.3 Å². The Morgan fingerprint density at radius 3 is 1.50 bits per heavy atom. The van der Waals surface area contributed by atoms with Crippen LogP contribution >= 0.6 is 0 Å². The summed E-state index contributed by atoms with van der Waals surface area (Å²) < 4.78 is 18.3. The number of hydrogen-bond donors (Lipinski definition) is 1. The lowest BCUT2D eigenvalue weighted by atomic mass is 9.88. The Bertz CT molecular complexity index is 961. The molecule has 5 nitrogen and oxygen atoms in total. The van der Waals surface area contributed by atoms with Gasteiger partial charge in [0.15, 0.2) is 5.78 Å². The third-order valence-corrected chi connectivity index (χ3v) is 5.57. The predicted molar refractivity (Wildman–Crippen MR) is 121 cm³/mol. The highest BCUT2D eigenvalue weighted by atomic mass is 16.6. The van der Waals surface area contributed by atoms with Crippen molar-refractivity contribution in [2.45, 2.75) is 50.7 Å². The lowest BCUT2D eigenvalue weighted by molar-refractivity contribution is -0.201. The lowest BCUT2D eigenvalue weighted by Gasteiger charge is -2.39. The van der Waals surface area contributed by atoms with Crippen molar-refractivity contribution in [3.8, 4) is 0 Å². The minimum absolute atomic E-state index is 0.0237. The molecule has 166 valence electrons. The van der Waals surface area contributed by atoms with Crippen LogP contribution in [-0.2, 0) is 38.8 Å². The molecule has 0 spiro atoms. The molecule has 0 aliphatic heterocycles. The SMILES string of the molecule is O=C1CC(O)[C@H](OCc2ccccc2)[C@@H](OCc2ccccc2)[C@@H]1OCc1ccccc1. The number of hydrogen-bond acceptors (Lipinski definition) is 5. The normalized spacial score (nSPS) is 23.2. The average molecular weight is 433 g/mol. The fraction of sp³-hybridized carbons (Fsp3) is 0.296. The van der Waals surface area contributed by atoms with Gasteiger partial charge in [-0.15, -0.1) is 0 Å². The molecule has 0 heterocycles. The first-order chi connectivity index (χ1) is 15.7. The van der Waals surface area contributed by atoms with E-state index in [1.807, 2.05) is 91.0 Å². The summed E-state index contributed by atoms with van der Waals surface area (Å²) in [6, 6.07) is 29.2. The molecule has 1 unspecified atom stereocenters. The molecule has 1 aliphatic rings. The van der Waals surface area contributed by atoms with Gasteiger partial charge in [0, 0.05) is 6.42 Å². The number of aliphatic hydroxyl groups is 1. The smallest absolute Gasteiger partial charge is 0.167 e. The summed E-state index contributed by atoms with van der Waals surface area (Å²) in [4.78, 5) is 12.8. The van der Waals surface area contributed by atoms with Crippen LogP contribution in [0.2, 0.25) is 0 Å². The highest BCUT2D eigenvalue weighted by Gasteiger charge is 2.46. The summed E-state index contributed by atoms with van der Waals surface area (Å²) in [6.45, 7) is 0.888. The van der Waals surface area contributed by atoms with E-state index in [0.717, 1.165) is 16.7 Å². The van der Waals surface area contributed by atoms with Crippen LogP contribution in [0, 0.1) is 0 Å². The Hall–Kier alpha value is -2.83. The first-order valence-corrected chi connectivity index (χ1v) is 10.9. The molecule has 1 saturated carbocycles. The zero-order chi connectivity index (χ0) is 22.2. The van der Waals surface area contributed by atoms with Crippen LogP contribution in [0.5, 0.6) is 0 Å². The summed E-state index contributed by atoms with van der Waals surface area (Å²) in [7, 11) is 0. The third kappa shape index (κ3) is 5.90. The highest BCUT2D eigenvalue weighted by Crippen LogP contribution is 2.28. The molecule has 5 heteroatoms. The number of Topliss-reactive ketones (excluding diaryl/α,β-unsaturated/α-hetero) is 1. The van der Waals surface area contributed by atoms with Crippen molar-refractivity contribution in [1.29, 1.82) is 0 Å². The van der Waals surface area contributed by atoms with Crippen molar-refractivity contribution in [3.63, 3.8) is 0 Å². The van der Waals surface area contributed by atoms with Gasteiger partial charge in [-0.25, -0.2) is 0 Å². The number of aliphatic hydroxyl groups excluding tert-OH is 1. The average Bonchev–Trinajstić information content (AvgIpc) is 2.83. The van der Waals surface area contributed by atoms with Gasteiger partial charge in [0.05, 0.1) is 25.9 Å². The van der Waals surface area contributed by atoms with Gasteiger partial charge < -0.3 is 19.3 Å². The molecule has 1 fully saturated rings. The van der Waals surface area contributed by atoms with E-state index in [2.05, 4.69) is 0 Å². The van der Waals surface area contributed by atoms with E-state index in [1.54, 1.807) is 0 Å². The molecular formula is C27H28O5. The van der Waals surface area contributed by atoms with E-state index >= 15 is 0 Å². The topological polar surface area (TPSA) is 65.0 Å². The molecular weight excluding hydrogens is 404 g/mol. The molecule has 0 bridgehead atoms. The van der Waals surface area contributed by atoms with Crippen molar-refractivity contribution in [3.05, 3.63) is 108 Å². The van der Waals surface area contributed by atoms with Crippen LogP contribution in [-0.4, -0.2) is 35.3 Å². The maximum atomic E-state index is 12.8. The standard InChI is InChI=1S/C27H28O5/c28-23-16-24(29)26(31-18-21-12-6-2-7-13-21)27(32-19-22-14-8-3-9-15-22)25(23)30-17-20-10-4-1-5-11-20/h1-15,23,25-28H,16-19H2/t23?,25-,26+,27+/m0/s1. The van der Waals surface area contributed by atoms with Crippen LogP contribution in [0.15, 0.2) is 91.0 Å². The van der Waals surface area contributed by atoms with Crippen LogP contribution in [0.25, 0.3) is 0 Å². The van der Waals surface area contributed by atoms with E-state index in [9.17, 15) is 9.90 Å². The zero-order valence-corrected chi connectivity index (χ0v) is 17.9. The van der Waals surface area contributed by atoms with Gasteiger partial charge in [0.25, 0.3) is 0 Å². The molecule has 32 heavy (non-hydrogen) atoms. The van der Waals surface area contributed by atoms with Crippen LogP contribution in [0.1, 0.15) is 23.1 Å². The fourth-order valence-corrected chi connectivity index (χ4v) is 3.88. The van der Waals surface area contributed by atoms with Gasteiger partial charge in [-0.1, -0.05) is 91.0 Å². The number of carbonyl (C=O) groups is 1. The van der Waals surface area contributed by atoms with Crippen molar-refractivity contribution in [2.75, 3.05) is 0 Å². The molecule has 0 amide bonds. The second-order valence-electron chi connectivity index (χ2n) is 7.98. The van der Waals surface area contributed by atoms with E-state index in [1.165, 1.54) is 0 Å². The Kier molecular flexibility index (Phi) is 7.80. The van der Waals surface area contributed by atoms with Crippen molar-refractivity contribution < 1.29 is 24.1 Å².